The summed E-state index contributed by atoms with van der Waals surface area (Å²) in [5.41, 5.74) is 7.40. The molecule has 3 aromatic rings. The molecule has 0 aliphatic rings. The van der Waals surface area contributed by atoms with E-state index in [9.17, 15) is 19.6 Å². The minimum atomic E-state index is -0.707. The van der Waals surface area contributed by atoms with Gasteiger partial charge >= 0.3 is 11.9 Å². The third-order valence-electron chi connectivity index (χ3n) is 4.42. The van der Waals surface area contributed by atoms with E-state index in [4.69, 9.17) is 19.6 Å². The smallest absolute Gasteiger partial charge is 0.348 e. The Balaban J connectivity index is 1.78. The number of carbonyl (C=O) groups excluding carboxylic acids is 3. The van der Waals surface area contributed by atoms with Gasteiger partial charge in [-0.05, 0) is 43.7 Å². The van der Waals surface area contributed by atoms with Crippen molar-refractivity contribution < 1.29 is 28.3 Å². The molecule has 32 heavy (non-hydrogen) atoms. The highest BCUT2D eigenvalue weighted by molar-refractivity contribution is 7.18. The molecule has 0 saturated heterocycles. The third-order valence-corrected chi connectivity index (χ3v) is 5.46. The summed E-state index contributed by atoms with van der Waals surface area (Å²) in [4.78, 5) is 37.2. The second-order valence-electron chi connectivity index (χ2n) is 6.52. The molecule has 10 heteroatoms. The first-order valence-electron chi connectivity index (χ1n) is 9.46. The maximum absolute atomic E-state index is 12.6. The number of esters is 2. The average molecular weight is 453 g/mol. The van der Waals surface area contributed by atoms with Crippen molar-refractivity contribution in [1.29, 1.82) is 5.26 Å². The molecule has 9 nitrogen and oxygen atoms in total. The van der Waals surface area contributed by atoms with Gasteiger partial charge in [0.1, 0.15) is 22.6 Å². The zero-order valence-corrected chi connectivity index (χ0v) is 18.1. The lowest BCUT2D eigenvalue weighted by molar-refractivity contribution is 0.0452. The summed E-state index contributed by atoms with van der Waals surface area (Å²) >= 11 is 0.904. The molecule has 0 atom stereocenters. The van der Waals surface area contributed by atoms with Gasteiger partial charge in [-0.1, -0.05) is 6.07 Å². The van der Waals surface area contributed by atoms with Gasteiger partial charge in [-0.2, -0.15) is 5.26 Å². The minimum Gasteiger partial charge on any atom is -0.462 e. The summed E-state index contributed by atoms with van der Waals surface area (Å²) in [5.74, 6) is -1.69. The van der Waals surface area contributed by atoms with Crippen LogP contribution in [0, 0.1) is 18.3 Å². The lowest BCUT2D eigenvalue weighted by atomic mass is 10.1. The number of furan rings is 1. The standard InChI is InChI=1S/C22H19N3O6S/c1-3-29-22(28)18-15(14(10-23)19(24)32-18)11-31-21(27)13-7-6-12(2)16(9-13)25-20(26)17-5-4-8-30-17/h4-9H,3,11,24H2,1-2H3,(H,25,26). The van der Waals surface area contributed by atoms with Gasteiger partial charge in [0.25, 0.3) is 5.91 Å². The van der Waals surface area contributed by atoms with E-state index in [0.29, 0.717) is 5.69 Å². The van der Waals surface area contributed by atoms with Crippen LogP contribution in [0.1, 0.15) is 54.2 Å². The molecule has 0 aliphatic heterocycles. The molecule has 1 amide bonds. The predicted octanol–water partition coefficient (Wildman–Crippen LogP) is 3.89. The van der Waals surface area contributed by atoms with E-state index in [1.165, 1.54) is 18.4 Å². The monoisotopic (exact) mass is 453 g/mol. The Kier molecular flexibility index (Phi) is 6.92. The Labute approximate surface area is 187 Å². The van der Waals surface area contributed by atoms with Crippen molar-refractivity contribution in [2.45, 2.75) is 20.5 Å². The maximum Gasteiger partial charge on any atom is 0.348 e. The van der Waals surface area contributed by atoms with Crippen LogP contribution in [0.25, 0.3) is 0 Å². The Bertz CT molecular complexity index is 1210. The molecule has 0 radical (unpaired) electrons. The summed E-state index contributed by atoms with van der Waals surface area (Å²) < 4.78 is 15.4. The van der Waals surface area contributed by atoms with Crippen molar-refractivity contribution in [2.75, 3.05) is 17.7 Å². The van der Waals surface area contributed by atoms with Crippen LogP contribution in [0.4, 0.5) is 10.7 Å². The number of nitrogen functional groups attached to an aromatic ring is 1. The Morgan fingerprint density at radius 1 is 1.22 bits per heavy atom. The van der Waals surface area contributed by atoms with E-state index in [1.807, 2.05) is 6.07 Å². The van der Waals surface area contributed by atoms with Crippen molar-refractivity contribution in [3.63, 3.8) is 0 Å². The van der Waals surface area contributed by atoms with E-state index in [0.717, 1.165) is 16.9 Å². The molecule has 0 spiro atoms. The number of benzene rings is 1. The minimum absolute atomic E-state index is 0.0705. The van der Waals surface area contributed by atoms with E-state index >= 15 is 0 Å². The second kappa shape index (κ2) is 9.80. The van der Waals surface area contributed by atoms with Crippen LogP contribution in [0.2, 0.25) is 0 Å². The number of carbonyl (C=O) groups is 3. The van der Waals surface area contributed by atoms with Crippen LogP contribution in [-0.2, 0) is 16.1 Å². The lowest BCUT2D eigenvalue weighted by Gasteiger charge is -2.10. The Morgan fingerprint density at radius 3 is 2.66 bits per heavy atom. The maximum atomic E-state index is 12.6. The van der Waals surface area contributed by atoms with Crippen molar-refractivity contribution in [2.24, 2.45) is 0 Å². The number of amides is 1. The number of hydrogen-bond donors (Lipinski definition) is 2. The van der Waals surface area contributed by atoms with Gasteiger partial charge in [0.2, 0.25) is 0 Å². The first-order valence-corrected chi connectivity index (χ1v) is 10.3. The number of nitrogens with two attached hydrogens (primary N) is 1. The molecule has 2 heterocycles. The normalized spacial score (nSPS) is 10.3. The molecule has 0 fully saturated rings. The van der Waals surface area contributed by atoms with Gasteiger partial charge in [0.05, 0.1) is 24.0 Å². The van der Waals surface area contributed by atoms with Crippen LogP contribution >= 0.6 is 11.3 Å². The zero-order valence-electron chi connectivity index (χ0n) is 17.3. The summed E-state index contributed by atoms with van der Waals surface area (Å²) in [5, 5.41) is 12.2. The first kappa shape index (κ1) is 22.6. The highest BCUT2D eigenvalue weighted by Gasteiger charge is 2.24. The molecule has 2 aromatic heterocycles. The van der Waals surface area contributed by atoms with Gasteiger partial charge in [-0.15, -0.1) is 11.3 Å². The largest absolute Gasteiger partial charge is 0.462 e. The summed E-state index contributed by atoms with van der Waals surface area (Å²) in [6, 6.07) is 9.70. The van der Waals surface area contributed by atoms with Gasteiger partial charge in [-0.25, -0.2) is 9.59 Å². The van der Waals surface area contributed by atoms with E-state index < -0.39 is 17.8 Å². The summed E-state index contributed by atoms with van der Waals surface area (Å²) in [7, 11) is 0. The third kappa shape index (κ3) is 4.79. The van der Waals surface area contributed by atoms with E-state index in [1.54, 1.807) is 32.0 Å². The first-order chi connectivity index (χ1) is 15.3. The number of aryl methyl sites for hydroxylation is 1. The van der Waals surface area contributed by atoms with Crippen molar-refractivity contribution >= 4 is 39.9 Å². The van der Waals surface area contributed by atoms with Gasteiger partial charge in [-0.3, -0.25) is 4.79 Å². The number of anilines is 2. The van der Waals surface area contributed by atoms with Crippen LogP contribution in [0.15, 0.2) is 41.0 Å². The molecular formula is C22H19N3O6S. The number of ether oxygens (including phenoxy) is 2. The molecule has 0 bridgehead atoms. The number of hydrogen-bond acceptors (Lipinski definition) is 9. The Hall–Kier alpha value is -4.10. The SMILES string of the molecule is CCOC(=O)c1sc(N)c(C#N)c1COC(=O)c1ccc(C)c(NC(=O)c2ccco2)c1. The summed E-state index contributed by atoms with van der Waals surface area (Å²) in [6.07, 6.45) is 1.38. The second-order valence-corrected chi connectivity index (χ2v) is 7.57. The Morgan fingerprint density at radius 2 is 2.00 bits per heavy atom. The van der Waals surface area contributed by atoms with Crippen LogP contribution in [-0.4, -0.2) is 24.5 Å². The molecule has 0 aliphatic carbocycles. The van der Waals surface area contributed by atoms with Gasteiger partial charge in [0, 0.05) is 11.3 Å². The number of nitrogens with one attached hydrogen (secondary N) is 1. The lowest BCUT2D eigenvalue weighted by Crippen LogP contribution is -2.13. The van der Waals surface area contributed by atoms with E-state index in [-0.39, 0.29) is 45.5 Å². The highest BCUT2D eigenvalue weighted by atomic mass is 32.1. The number of nitrogens with zero attached hydrogens (tertiary/aromatic N) is 1. The van der Waals surface area contributed by atoms with Gasteiger partial charge < -0.3 is 24.9 Å². The number of thiophene rings is 1. The van der Waals surface area contributed by atoms with Crippen LogP contribution < -0.4 is 11.1 Å². The molecule has 0 saturated carbocycles. The number of nitriles is 1. The molecule has 3 N–H and O–H groups in total. The molecule has 0 unspecified atom stereocenters. The molecule has 164 valence electrons. The quantitative estimate of drug-likeness (QED) is 0.513. The fraction of sp³-hybridized carbons (Fsp3) is 0.182. The average Bonchev–Trinajstić information content (AvgIpc) is 3.41. The highest BCUT2D eigenvalue weighted by Crippen LogP contribution is 2.32. The summed E-state index contributed by atoms with van der Waals surface area (Å²) in [6.45, 7) is 3.23. The fourth-order valence-electron chi connectivity index (χ4n) is 2.80. The van der Waals surface area contributed by atoms with Crippen molar-refractivity contribution in [3.05, 3.63) is 69.5 Å². The van der Waals surface area contributed by atoms with Gasteiger partial charge in [0.15, 0.2) is 5.76 Å². The van der Waals surface area contributed by atoms with Crippen LogP contribution in [0.3, 0.4) is 0 Å². The van der Waals surface area contributed by atoms with Crippen LogP contribution in [0.5, 0.6) is 0 Å². The zero-order chi connectivity index (χ0) is 23.3. The van der Waals surface area contributed by atoms with Crippen molar-refractivity contribution in [1.82, 2.24) is 0 Å². The number of rotatable bonds is 7. The predicted molar refractivity (Wildman–Crippen MR) is 116 cm³/mol. The van der Waals surface area contributed by atoms with Crippen molar-refractivity contribution in [3.8, 4) is 6.07 Å². The molecular weight excluding hydrogens is 434 g/mol. The topological polar surface area (TPSA) is 145 Å². The molecule has 1 aromatic carbocycles. The molecule has 3 rings (SSSR count). The van der Waals surface area contributed by atoms with E-state index in [2.05, 4.69) is 5.32 Å². The fourth-order valence-corrected chi connectivity index (χ4v) is 3.72.